The quantitative estimate of drug-likeness (QED) is 0.586. The summed E-state index contributed by atoms with van der Waals surface area (Å²) in [5.74, 6) is 0.929. The molecule has 2 aliphatic rings. The third-order valence-electron chi connectivity index (χ3n) is 8.19. The average molecular weight is 489 g/mol. The van der Waals surface area contributed by atoms with Crippen LogP contribution in [-0.4, -0.2) is 57.4 Å². The number of likely N-dealkylation sites (tertiary alicyclic amines) is 2. The first kappa shape index (κ1) is 25.6. The van der Waals surface area contributed by atoms with Gasteiger partial charge in [-0.05, 0) is 82.5 Å². The van der Waals surface area contributed by atoms with E-state index in [2.05, 4.69) is 28.7 Å². The lowest BCUT2D eigenvalue weighted by molar-refractivity contribution is -0.137. The van der Waals surface area contributed by atoms with Gasteiger partial charge >= 0.3 is 6.18 Å². The Bertz CT molecular complexity index is 1030. The van der Waals surface area contributed by atoms with Crippen molar-refractivity contribution in [3.05, 3.63) is 58.7 Å². The van der Waals surface area contributed by atoms with Gasteiger partial charge in [-0.1, -0.05) is 19.1 Å². The topological polar surface area (TPSA) is 49.3 Å². The monoisotopic (exact) mass is 488 g/mol. The second kappa shape index (κ2) is 9.88. The van der Waals surface area contributed by atoms with Gasteiger partial charge in [0.05, 0.1) is 22.5 Å². The van der Waals surface area contributed by atoms with Gasteiger partial charge in [-0.15, -0.1) is 0 Å². The van der Waals surface area contributed by atoms with E-state index in [4.69, 9.17) is 0 Å². The van der Waals surface area contributed by atoms with Crippen molar-refractivity contribution in [2.45, 2.75) is 65.1 Å². The van der Waals surface area contributed by atoms with Gasteiger partial charge in [0, 0.05) is 25.2 Å². The van der Waals surface area contributed by atoms with E-state index in [0.29, 0.717) is 30.5 Å². The van der Waals surface area contributed by atoms with Crippen LogP contribution in [0.2, 0.25) is 0 Å². The highest BCUT2D eigenvalue weighted by Crippen LogP contribution is 2.36. The fourth-order valence-corrected chi connectivity index (χ4v) is 5.69. The van der Waals surface area contributed by atoms with E-state index >= 15 is 0 Å². The lowest BCUT2D eigenvalue weighted by atomic mass is 9.78. The van der Waals surface area contributed by atoms with Crippen molar-refractivity contribution in [3.63, 3.8) is 0 Å². The Morgan fingerprint density at radius 2 is 1.66 bits per heavy atom. The first-order valence-corrected chi connectivity index (χ1v) is 12.5. The molecular formula is C27H35F3N4O. The smallest absolute Gasteiger partial charge is 0.338 e. The van der Waals surface area contributed by atoms with Crippen molar-refractivity contribution >= 4 is 5.91 Å². The molecule has 2 saturated heterocycles. The van der Waals surface area contributed by atoms with Crippen molar-refractivity contribution in [2.24, 2.45) is 11.8 Å². The van der Waals surface area contributed by atoms with Crippen LogP contribution in [0, 0.1) is 25.7 Å². The molecule has 3 heterocycles. The van der Waals surface area contributed by atoms with Crippen LogP contribution < -0.4 is 0 Å². The normalized spacial score (nSPS) is 23.3. The van der Waals surface area contributed by atoms with E-state index in [0.717, 1.165) is 55.7 Å². The molecule has 1 unspecified atom stereocenters. The van der Waals surface area contributed by atoms with E-state index in [1.807, 2.05) is 18.7 Å². The minimum Gasteiger partial charge on any atom is -0.338 e. The van der Waals surface area contributed by atoms with Crippen LogP contribution in [-0.2, 0) is 12.6 Å². The Morgan fingerprint density at radius 3 is 2.20 bits per heavy atom. The molecule has 1 aromatic carbocycles. The molecular weight excluding hydrogens is 453 g/mol. The standard InChI is InChI=1S/C27H35F3N4O/c1-18-16-34(12-9-22(18)15-21-5-7-23(8-6-21)27(28,29)30)26(4)10-13-33(14-11-26)25(35)24-19(2)31-17-32-20(24)3/h5-8,17-18,22H,9-16H2,1-4H3/t18-,22?/m0/s1. The largest absolute Gasteiger partial charge is 0.416 e. The minimum atomic E-state index is -4.29. The fourth-order valence-electron chi connectivity index (χ4n) is 5.69. The number of carbonyl (C=O) groups is 1. The van der Waals surface area contributed by atoms with E-state index < -0.39 is 11.7 Å². The third-order valence-corrected chi connectivity index (χ3v) is 8.19. The van der Waals surface area contributed by atoms with Crippen LogP contribution in [0.5, 0.6) is 0 Å². The van der Waals surface area contributed by atoms with Gasteiger partial charge < -0.3 is 4.90 Å². The zero-order valence-electron chi connectivity index (χ0n) is 21.0. The molecule has 0 aliphatic carbocycles. The summed E-state index contributed by atoms with van der Waals surface area (Å²) in [5, 5.41) is 0. The first-order valence-electron chi connectivity index (χ1n) is 12.5. The molecule has 1 amide bonds. The summed E-state index contributed by atoms with van der Waals surface area (Å²) >= 11 is 0. The van der Waals surface area contributed by atoms with Gasteiger partial charge in [0.15, 0.2) is 0 Å². The molecule has 2 aliphatic heterocycles. The lowest BCUT2D eigenvalue weighted by Gasteiger charge is -2.51. The number of piperidine rings is 2. The highest BCUT2D eigenvalue weighted by Gasteiger charge is 2.40. The number of alkyl halides is 3. The van der Waals surface area contributed by atoms with Gasteiger partial charge in [-0.2, -0.15) is 13.2 Å². The third kappa shape index (κ3) is 5.52. The lowest BCUT2D eigenvalue weighted by Crippen LogP contribution is -2.58. The maximum Gasteiger partial charge on any atom is 0.416 e. The van der Waals surface area contributed by atoms with Crippen molar-refractivity contribution in [1.82, 2.24) is 19.8 Å². The Labute approximate surface area is 205 Å². The Morgan fingerprint density at radius 1 is 1.06 bits per heavy atom. The second-order valence-corrected chi connectivity index (χ2v) is 10.6. The predicted octanol–water partition coefficient (Wildman–Crippen LogP) is 5.31. The first-order chi connectivity index (χ1) is 16.5. The van der Waals surface area contributed by atoms with E-state index in [-0.39, 0.29) is 11.4 Å². The molecule has 0 bridgehead atoms. The number of aryl methyl sites for hydroxylation is 2. The number of benzene rings is 1. The Kier molecular flexibility index (Phi) is 7.23. The molecule has 190 valence electrons. The molecule has 4 rings (SSSR count). The van der Waals surface area contributed by atoms with Crippen molar-refractivity contribution in [1.29, 1.82) is 0 Å². The number of halogens is 3. The maximum atomic E-state index is 13.1. The van der Waals surface area contributed by atoms with Gasteiger partial charge in [-0.25, -0.2) is 9.97 Å². The number of hydrogen-bond acceptors (Lipinski definition) is 4. The zero-order valence-corrected chi connectivity index (χ0v) is 21.0. The summed E-state index contributed by atoms with van der Waals surface area (Å²) < 4.78 is 38.6. The van der Waals surface area contributed by atoms with Gasteiger partial charge in [-0.3, -0.25) is 9.69 Å². The predicted molar refractivity (Wildman–Crippen MR) is 129 cm³/mol. The zero-order chi connectivity index (χ0) is 25.4. The molecule has 2 aromatic rings. The summed E-state index contributed by atoms with van der Waals surface area (Å²) in [5.41, 5.74) is 2.49. The fraction of sp³-hybridized carbons (Fsp3) is 0.593. The molecule has 8 heteroatoms. The number of aromatic nitrogens is 2. The number of rotatable bonds is 4. The van der Waals surface area contributed by atoms with Crippen molar-refractivity contribution in [2.75, 3.05) is 26.2 Å². The summed E-state index contributed by atoms with van der Waals surface area (Å²) in [6.45, 7) is 11.6. The van der Waals surface area contributed by atoms with Crippen LogP contribution in [0.15, 0.2) is 30.6 Å². The van der Waals surface area contributed by atoms with E-state index in [9.17, 15) is 18.0 Å². The molecule has 0 N–H and O–H groups in total. The van der Waals surface area contributed by atoms with Crippen LogP contribution >= 0.6 is 0 Å². The van der Waals surface area contributed by atoms with Crippen LogP contribution in [0.25, 0.3) is 0 Å². The van der Waals surface area contributed by atoms with Crippen LogP contribution in [0.1, 0.15) is 66.0 Å². The molecule has 2 atom stereocenters. The summed E-state index contributed by atoms with van der Waals surface area (Å²) in [4.78, 5) is 26.1. The molecule has 0 spiro atoms. The molecule has 0 saturated carbocycles. The molecule has 0 radical (unpaired) electrons. The number of amides is 1. The summed E-state index contributed by atoms with van der Waals surface area (Å²) in [6, 6.07) is 5.62. The number of carbonyl (C=O) groups excluding carboxylic acids is 1. The second-order valence-electron chi connectivity index (χ2n) is 10.6. The average Bonchev–Trinajstić information content (AvgIpc) is 2.80. The Hall–Kier alpha value is -2.48. The van der Waals surface area contributed by atoms with Crippen molar-refractivity contribution < 1.29 is 18.0 Å². The number of hydrogen-bond donors (Lipinski definition) is 0. The van der Waals surface area contributed by atoms with Gasteiger partial charge in [0.2, 0.25) is 0 Å². The summed E-state index contributed by atoms with van der Waals surface area (Å²) in [6.07, 6.45) is 0.877. The maximum absolute atomic E-state index is 13.1. The molecule has 2 fully saturated rings. The van der Waals surface area contributed by atoms with Crippen LogP contribution in [0.4, 0.5) is 13.2 Å². The highest BCUT2D eigenvalue weighted by molar-refractivity contribution is 5.96. The highest BCUT2D eigenvalue weighted by atomic mass is 19.4. The van der Waals surface area contributed by atoms with Gasteiger partial charge in [0.1, 0.15) is 6.33 Å². The van der Waals surface area contributed by atoms with Gasteiger partial charge in [0.25, 0.3) is 5.91 Å². The number of nitrogens with zero attached hydrogens (tertiary/aromatic N) is 4. The van der Waals surface area contributed by atoms with Crippen LogP contribution in [0.3, 0.4) is 0 Å². The van der Waals surface area contributed by atoms with E-state index in [1.165, 1.54) is 18.5 Å². The Balaban J connectivity index is 1.33. The summed E-state index contributed by atoms with van der Waals surface area (Å²) in [7, 11) is 0. The SMILES string of the molecule is Cc1ncnc(C)c1C(=O)N1CCC(C)(N2CCC(Cc3ccc(C(F)(F)F)cc3)[C@@H](C)C2)CC1. The molecule has 1 aromatic heterocycles. The van der Waals surface area contributed by atoms with E-state index in [1.54, 1.807) is 12.1 Å². The van der Waals surface area contributed by atoms with Crippen molar-refractivity contribution in [3.8, 4) is 0 Å². The molecule has 5 nitrogen and oxygen atoms in total. The minimum absolute atomic E-state index is 0.0197. The molecule has 35 heavy (non-hydrogen) atoms.